The molecule has 0 spiro atoms. The van der Waals surface area contributed by atoms with Crippen molar-refractivity contribution in [3.63, 3.8) is 0 Å². The van der Waals surface area contributed by atoms with E-state index >= 15 is 0 Å². The molecule has 0 unspecified atom stereocenters. The number of carbonyl (C=O) groups excluding carboxylic acids is 5. The molecule has 4 amide bonds. The van der Waals surface area contributed by atoms with E-state index in [1.807, 2.05) is 0 Å². The molecule has 1 saturated heterocycles. The van der Waals surface area contributed by atoms with E-state index < -0.39 is 11.8 Å². The summed E-state index contributed by atoms with van der Waals surface area (Å²) >= 11 is 0. The van der Waals surface area contributed by atoms with Crippen LogP contribution in [-0.4, -0.2) is 83.6 Å². The topological polar surface area (TPSA) is 131 Å². The molecule has 2 N–H and O–H groups in total. The van der Waals surface area contributed by atoms with Crippen molar-refractivity contribution in [3.8, 4) is 0 Å². The van der Waals surface area contributed by atoms with E-state index in [9.17, 15) is 24.0 Å². The fourth-order valence-electron chi connectivity index (χ4n) is 2.44. The zero-order valence-corrected chi connectivity index (χ0v) is 20.5. The molecular weight excluding hydrogens is 498 g/mol. The number of hydrogen-bond donors (Lipinski definition) is 2. The predicted octanol–water partition coefficient (Wildman–Crippen LogP) is 0.934. The smallest absolute Gasteiger partial charge is 0.253 e. The van der Waals surface area contributed by atoms with Crippen molar-refractivity contribution >= 4 is 72.6 Å². The van der Waals surface area contributed by atoms with Gasteiger partial charge < -0.3 is 20.1 Å². The van der Waals surface area contributed by atoms with E-state index in [-0.39, 0.29) is 67.9 Å². The summed E-state index contributed by atoms with van der Waals surface area (Å²) in [4.78, 5) is 59.1. The van der Waals surface area contributed by atoms with Crippen LogP contribution in [0.1, 0.15) is 19.3 Å². The molecule has 1 fully saturated rings. The highest BCUT2D eigenvalue weighted by atomic mass is 33.2. The number of rotatable bonds is 15. The van der Waals surface area contributed by atoms with Gasteiger partial charge in [0.2, 0.25) is 11.8 Å². The number of nitrogens with zero attached hydrogens (tertiary/aromatic N) is 1. The SMILES string of the molecule is O=C(CCC(=O)NCCOCCOCC(=O)NC1SSCSS1)CCN1C(=O)C=CC1=O. The van der Waals surface area contributed by atoms with Gasteiger partial charge in [-0.3, -0.25) is 28.9 Å². The Kier molecular flexibility index (Phi) is 13.2. The van der Waals surface area contributed by atoms with Gasteiger partial charge in [-0.15, -0.1) is 0 Å². The Morgan fingerprint density at radius 1 is 0.938 bits per heavy atom. The minimum absolute atomic E-state index is 0.0271. The standard InChI is InChI=1S/C18H25N3O7S4/c22-13(5-7-21-16(25)3-4-17(21)26)1-2-14(23)19-6-8-27-9-10-28-11-15(24)20-18-31-29-12-30-32-18/h3-4,18H,1-2,5-12H2,(H,19,23)(H,20,24). The van der Waals surface area contributed by atoms with Crippen LogP contribution >= 0.6 is 43.2 Å². The van der Waals surface area contributed by atoms with Gasteiger partial charge in [0.1, 0.15) is 17.1 Å². The average molecular weight is 524 g/mol. The average Bonchev–Trinajstić information content (AvgIpc) is 3.10. The van der Waals surface area contributed by atoms with E-state index in [2.05, 4.69) is 10.6 Å². The first-order chi connectivity index (χ1) is 15.5. The van der Waals surface area contributed by atoms with Crippen molar-refractivity contribution in [2.75, 3.05) is 44.6 Å². The first-order valence-electron chi connectivity index (χ1n) is 9.79. The molecule has 2 rings (SSSR count). The molecule has 0 bridgehead atoms. The van der Waals surface area contributed by atoms with Crippen LogP contribution in [-0.2, 0) is 33.4 Å². The molecule has 0 saturated carbocycles. The first kappa shape index (κ1) is 27.1. The number of amides is 4. The Hall–Kier alpha value is -1.19. The summed E-state index contributed by atoms with van der Waals surface area (Å²) in [7, 11) is 6.66. The van der Waals surface area contributed by atoms with Crippen LogP contribution in [0.2, 0.25) is 0 Å². The van der Waals surface area contributed by atoms with E-state index in [1.165, 1.54) is 12.2 Å². The number of carbonyl (C=O) groups is 5. The molecule has 2 aliphatic heterocycles. The van der Waals surface area contributed by atoms with Gasteiger partial charge in [0.25, 0.3) is 11.8 Å². The largest absolute Gasteiger partial charge is 0.377 e. The third-order valence-electron chi connectivity index (χ3n) is 4.01. The van der Waals surface area contributed by atoms with Gasteiger partial charge in [0.15, 0.2) is 0 Å². The Morgan fingerprint density at radius 2 is 1.62 bits per heavy atom. The van der Waals surface area contributed by atoms with Gasteiger partial charge >= 0.3 is 0 Å². The van der Waals surface area contributed by atoms with Crippen LogP contribution in [0.5, 0.6) is 0 Å². The molecule has 0 aromatic carbocycles. The lowest BCUT2D eigenvalue weighted by Gasteiger charge is -2.20. The normalized spacial score (nSPS) is 16.4. The summed E-state index contributed by atoms with van der Waals surface area (Å²) in [5, 5.41) is 6.50. The van der Waals surface area contributed by atoms with Crippen LogP contribution in [0.15, 0.2) is 12.2 Å². The number of ether oxygens (including phenoxy) is 2. The fourth-order valence-corrected chi connectivity index (χ4v) is 9.37. The van der Waals surface area contributed by atoms with Crippen LogP contribution in [0.4, 0.5) is 0 Å². The highest BCUT2D eigenvalue weighted by Gasteiger charge is 2.23. The second-order valence-corrected chi connectivity index (χ2v) is 12.0. The van der Waals surface area contributed by atoms with Crippen LogP contribution < -0.4 is 10.6 Å². The summed E-state index contributed by atoms with van der Waals surface area (Å²) in [6, 6.07) is 0. The first-order valence-corrected chi connectivity index (χ1v) is 14.6. The second-order valence-electron chi connectivity index (χ2n) is 6.41. The Morgan fingerprint density at radius 3 is 2.34 bits per heavy atom. The Labute approximate surface area is 201 Å². The molecule has 10 nitrogen and oxygen atoms in total. The van der Waals surface area contributed by atoms with Crippen LogP contribution in [0.3, 0.4) is 0 Å². The highest BCUT2D eigenvalue weighted by Crippen LogP contribution is 2.47. The summed E-state index contributed by atoms with van der Waals surface area (Å²) in [5.41, 5.74) is 0. The second kappa shape index (κ2) is 15.6. The molecule has 2 heterocycles. The number of Topliss-reactive ketones (excluding diaryl/α,β-unsaturated/α-hetero) is 1. The molecule has 0 radical (unpaired) electrons. The lowest BCUT2D eigenvalue weighted by molar-refractivity contribution is -0.137. The van der Waals surface area contributed by atoms with Gasteiger partial charge in [0, 0.05) is 44.5 Å². The van der Waals surface area contributed by atoms with Crippen molar-refractivity contribution in [3.05, 3.63) is 12.2 Å². The summed E-state index contributed by atoms with van der Waals surface area (Å²) < 4.78 is 10.6. The maximum Gasteiger partial charge on any atom is 0.253 e. The molecule has 0 aromatic rings. The highest BCUT2D eigenvalue weighted by molar-refractivity contribution is 8.92. The van der Waals surface area contributed by atoms with Gasteiger partial charge in [-0.05, 0) is 0 Å². The predicted molar refractivity (Wildman–Crippen MR) is 127 cm³/mol. The van der Waals surface area contributed by atoms with Crippen molar-refractivity contribution in [1.29, 1.82) is 0 Å². The van der Waals surface area contributed by atoms with E-state index in [0.29, 0.717) is 13.2 Å². The number of nitrogens with one attached hydrogen (secondary N) is 2. The third kappa shape index (κ3) is 11.1. The quantitative estimate of drug-likeness (QED) is 0.181. The Bertz CT molecular complexity index is 699. The molecule has 32 heavy (non-hydrogen) atoms. The van der Waals surface area contributed by atoms with Crippen molar-refractivity contribution in [1.82, 2.24) is 15.5 Å². The van der Waals surface area contributed by atoms with Crippen LogP contribution in [0.25, 0.3) is 0 Å². The van der Waals surface area contributed by atoms with E-state index in [0.717, 1.165) is 9.98 Å². The van der Waals surface area contributed by atoms with Crippen LogP contribution in [0, 0.1) is 0 Å². The Balaban J connectivity index is 1.38. The summed E-state index contributed by atoms with van der Waals surface area (Å²) in [6.45, 7) is 1.13. The van der Waals surface area contributed by atoms with Gasteiger partial charge in [-0.2, -0.15) is 0 Å². The van der Waals surface area contributed by atoms with Crippen molar-refractivity contribution < 1.29 is 33.4 Å². The molecule has 0 aromatic heterocycles. The van der Waals surface area contributed by atoms with Gasteiger partial charge in [-0.25, -0.2) is 0 Å². The number of imide groups is 1. The minimum atomic E-state index is -0.426. The minimum Gasteiger partial charge on any atom is -0.377 e. The van der Waals surface area contributed by atoms with Gasteiger partial charge in [0.05, 0.1) is 24.9 Å². The lowest BCUT2D eigenvalue weighted by Crippen LogP contribution is -2.33. The molecule has 0 atom stereocenters. The van der Waals surface area contributed by atoms with Crippen molar-refractivity contribution in [2.24, 2.45) is 0 Å². The summed E-state index contributed by atoms with van der Waals surface area (Å²) in [6.07, 6.45) is 2.44. The monoisotopic (exact) mass is 523 g/mol. The maximum absolute atomic E-state index is 11.8. The molecule has 14 heteroatoms. The van der Waals surface area contributed by atoms with E-state index in [1.54, 1.807) is 43.2 Å². The zero-order chi connectivity index (χ0) is 23.2. The maximum atomic E-state index is 11.8. The molecule has 0 aliphatic carbocycles. The van der Waals surface area contributed by atoms with Gasteiger partial charge in [-0.1, -0.05) is 43.2 Å². The van der Waals surface area contributed by atoms with E-state index in [4.69, 9.17) is 9.47 Å². The molecule has 178 valence electrons. The molecular formula is C18H25N3O7S4. The molecule has 2 aliphatic rings. The zero-order valence-electron chi connectivity index (χ0n) is 17.2. The number of ketones is 1. The fraction of sp³-hybridized carbons (Fsp3) is 0.611. The van der Waals surface area contributed by atoms with Crippen molar-refractivity contribution in [2.45, 2.75) is 24.0 Å². The lowest BCUT2D eigenvalue weighted by atomic mass is 10.1. The third-order valence-corrected chi connectivity index (χ3v) is 10.6. The summed E-state index contributed by atoms with van der Waals surface area (Å²) in [5.74, 6) is -1.49. The number of hydrogen-bond acceptors (Lipinski definition) is 11.